The fourth-order valence-corrected chi connectivity index (χ4v) is 0.920. The van der Waals surface area contributed by atoms with E-state index in [1.54, 1.807) is 24.3 Å². The molecule has 0 saturated carbocycles. The molecule has 0 amide bonds. The molecule has 0 atom stereocenters. The van der Waals surface area contributed by atoms with Gasteiger partial charge in [-0.2, -0.15) is 0 Å². The van der Waals surface area contributed by atoms with Crippen molar-refractivity contribution in [2.75, 3.05) is 7.11 Å². The number of hydrogen-bond acceptors (Lipinski definition) is 3. The minimum absolute atomic E-state index is 0.389. The molecule has 1 aromatic carbocycles. The van der Waals surface area contributed by atoms with Crippen LogP contribution in [0, 0.1) is 11.8 Å². The van der Waals surface area contributed by atoms with Gasteiger partial charge in [0, 0.05) is 5.56 Å². The number of ether oxygens (including phenoxy) is 1. The summed E-state index contributed by atoms with van der Waals surface area (Å²) < 4.78 is 4.53. The SMILES string of the molecule is COC(=O)c1ccc(C#CC=O)cc1. The zero-order valence-electron chi connectivity index (χ0n) is 7.61. The number of benzene rings is 1. The molecule has 3 nitrogen and oxygen atoms in total. The van der Waals surface area contributed by atoms with E-state index in [2.05, 4.69) is 16.6 Å². The standard InChI is InChI=1S/C11H8O3/c1-14-11(13)10-6-4-9(5-7-10)3-2-8-12/h4-8H,1H3. The smallest absolute Gasteiger partial charge is 0.337 e. The van der Waals surface area contributed by atoms with Crippen molar-refractivity contribution in [3.05, 3.63) is 35.4 Å². The number of carbonyl (C=O) groups excluding carboxylic acids is 2. The van der Waals surface area contributed by atoms with Crippen LogP contribution < -0.4 is 0 Å². The molecule has 0 spiro atoms. The maximum absolute atomic E-state index is 11.0. The Kier molecular flexibility index (Phi) is 3.45. The van der Waals surface area contributed by atoms with Gasteiger partial charge in [-0.05, 0) is 30.2 Å². The summed E-state index contributed by atoms with van der Waals surface area (Å²) in [4.78, 5) is 21.0. The Labute approximate surface area is 81.7 Å². The minimum atomic E-state index is -0.389. The summed E-state index contributed by atoms with van der Waals surface area (Å²) >= 11 is 0. The average Bonchev–Trinajstić information content (AvgIpc) is 2.26. The number of hydrogen-bond donors (Lipinski definition) is 0. The summed E-state index contributed by atoms with van der Waals surface area (Å²) in [5.74, 6) is 4.50. The van der Waals surface area contributed by atoms with Crippen LogP contribution >= 0.6 is 0 Å². The molecule has 14 heavy (non-hydrogen) atoms. The van der Waals surface area contributed by atoms with Crippen LogP contribution in [0.3, 0.4) is 0 Å². The number of esters is 1. The Morgan fingerprint density at radius 2 is 2.00 bits per heavy atom. The van der Waals surface area contributed by atoms with Crippen molar-refractivity contribution in [2.45, 2.75) is 0 Å². The fraction of sp³-hybridized carbons (Fsp3) is 0.0909. The van der Waals surface area contributed by atoms with E-state index in [4.69, 9.17) is 0 Å². The quantitative estimate of drug-likeness (QED) is 0.375. The lowest BCUT2D eigenvalue weighted by Gasteiger charge is -1.97. The van der Waals surface area contributed by atoms with Gasteiger partial charge >= 0.3 is 5.97 Å². The third kappa shape index (κ3) is 2.46. The molecule has 0 unspecified atom stereocenters. The molecule has 0 fully saturated rings. The highest BCUT2D eigenvalue weighted by Crippen LogP contribution is 2.04. The summed E-state index contributed by atoms with van der Waals surface area (Å²) in [6.45, 7) is 0. The number of carbonyl (C=O) groups is 2. The zero-order chi connectivity index (χ0) is 10.4. The maximum Gasteiger partial charge on any atom is 0.337 e. The van der Waals surface area contributed by atoms with Crippen LogP contribution in [0.4, 0.5) is 0 Å². The second kappa shape index (κ2) is 4.83. The molecule has 1 aromatic rings. The van der Waals surface area contributed by atoms with Crippen LogP contribution in [-0.2, 0) is 9.53 Å². The van der Waals surface area contributed by atoms with Gasteiger partial charge in [-0.1, -0.05) is 5.92 Å². The fourth-order valence-electron chi connectivity index (χ4n) is 0.920. The zero-order valence-corrected chi connectivity index (χ0v) is 7.61. The lowest BCUT2D eigenvalue weighted by Crippen LogP contribution is -2.00. The average molecular weight is 188 g/mol. The molecule has 0 aromatic heterocycles. The summed E-state index contributed by atoms with van der Waals surface area (Å²) in [6.07, 6.45) is 0.522. The van der Waals surface area contributed by atoms with Crippen molar-refractivity contribution in [1.82, 2.24) is 0 Å². The highest BCUT2D eigenvalue weighted by atomic mass is 16.5. The van der Waals surface area contributed by atoms with E-state index >= 15 is 0 Å². The van der Waals surface area contributed by atoms with E-state index in [0.29, 0.717) is 17.4 Å². The molecule has 0 aliphatic heterocycles. The van der Waals surface area contributed by atoms with Gasteiger partial charge in [0.1, 0.15) is 0 Å². The van der Waals surface area contributed by atoms with Gasteiger partial charge in [-0.25, -0.2) is 4.79 Å². The van der Waals surface area contributed by atoms with Crippen LogP contribution in [-0.4, -0.2) is 19.4 Å². The molecule has 3 heteroatoms. The second-order valence-electron chi connectivity index (χ2n) is 2.46. The van der Waals surface area contributed by atoms with Gasteiger partial charge in [0.05, 0.1) is 12.7 Å². The Bertz CT molecular complexity index is 393. The monoisotopic (exact) mass is 188 g/mol. The molecule has 0 aliphatic rings. The molecule has 0 heterocycles. The van der Waals surface area contributed by atoms with E-state index in [0.717, 1.165) is 0 Å². The first-order chi connectivity index (χ1) is 6.77. The highest BCUT2D eigenvalue weighted by molar-refractivity contribution is 5.89. The van der Waals surface area contributed by atoms with Crippen LogP contribution in [0.2, 0.25) is 0 Å². The third-order valence-electron chi connectivity index (χ3n) is 1.58. The van der Waals surface area contributed by atoms with E-state index < -0.39 is 0 Å². The van der Waals surface area contributed by atoms with Gasteiger partial charge in [-0.3, -0.25) is 4.79 Å². The van der Waals surface area contributed by atoms with Gasteiger partial charge in [-0.15, -0.1) is 0 Å². The molecular formula is C11H8O3. The highest BCUT2D eigenvalue weighted by Gasteiger charge is 2.02. The first-order valence-corrected chi connectivity index (χ1v) is 3.91. The van der Waals surface area contributed by atoms with E-state index in [1.807, 2.05) is 0 Å². The van der Waals surface area contributed by atoms with Crippen LogP contribution in [0.15, 0.2) is 24.3 Å². The Morgan fingerprint density at radius 3 is 2.50 bits per heavy atom. The van der Waals surface area contributed by atoms with Crippen LogP contribution in [0.5, 0.6) is 0 Å². The van der Waals surface area contributed by atoms with Gasteiger partial charge in [0.15, 0.2) is 6.29 Å². The van der Waals surface area contributed by atoms with Crippen LogP contribution in [0.25, 0.3) is 0 Å². The summed E-state index contributed by atoms with van der Waals surface area (Å²) in [7, 11) is 1.32. The van der Waals surface area contributed by atoms with Crippen molar-refractivity contribution in [2.24, 2.45) is 0 Å². The molecule has 0 bridgehead atoms. The lowest BCUT2D eigenvalue weighted by molar-refractivity contribution is -0.103. The normalized spacial score (nSPS) is 8.36. The van der Waals surface area contributed by atoms with E-state index in [1.165, 1.54) is 7.11 Å². The number of methoxy groups -OCH3 is 1. The van der Waals surface area contributed by atoms with Crippen LogP contribution in [0.1, 0.15) is 15.9 Å². The molecule has 1 rings (SSSR count). The predicted octanol–water partition coefficient (Wildman–Crippen LogP) is 1.02. The molecule has 0 N–H and O–H groups in total. The van der Waals surface area contributed by atoms with Crippen molar-refractivity contribution in [3.8, 4) is 11.8 Å². The Hall–Kier alpha value is -2.08. The topological polar surface area (TPSA) is 43.4 Å². The third-order valence-corrected chi connectivity index (χ3v) is 1.58. The second-order valence-corrected chi connectivity index (χ2v) is 2.46. The van der Waals surface area contributed by atoms with Gasteiger partial charge in [0.25, 0.3) is 0 Å². The molecular weight excluding hydrogens is 180 g/mol. The van der Waals surface area contributed by atoms with Gasteiger partial charge in [0.2, 0.25) is 0 Å². The van der Waals surface area contributed by atoms with Gasteiger partial charge < -0.3 is 4.74 Å². The van der Waals surface area contributed by atoms with Crippen molar-refractivity contribution >= 4 is 12.3 Å². The molecule has 0 aliphatic carbocycles. The maximum atomic E-state index is 11.0. The number of aldehydes is 1. The largest absolute Gasteiger partial charge is 0.465 e. The summed E-state index contributed by atoms with van der Waals surface area (Å²) in [5.41, 5.74) is 1.15. The first kappa shape index (κ1) is 10.0. The predicted molar refractivity (Wildman–Crippen MR) is 50.7 cm³/mol. The van der Waals surface area contributed by atoms with Crippen molar-refractivity contribution in [3.63, 3.8) is 0 Å². The molecule has 70 valence electrons. The lowest BCUT2D eigenvalue weighted by atomic mass is 10.1. The summed E-state index contributed by atoms with van der Waals surface area (Å²) in [5, 5.41) is 0. The molecule has 0 radical (unpaired) electrons. The van der Waals surface area contributed by atoms with Crippen molar-refractivity contribution in [1.29, 1.82) is 0 Å². The van der Waals surface area contributed by atoms with Crippen molar-refractivity contribution < 1.29 is 14.3 Å². The Morgan fingerprint density at radius 1 is 1.36 bits per heavy atom. The number of rotatable bonds is 1. The Balaban J connectivity index is 2.88. The first-order valence-electron chi connectivity index (χ1n) is 3.91. The minimum Gasteiger partial charge on any atom is -0.465 e. The van der Waals surface area contributed by atoms with E-state index in [9.17, 15) is 9.59 Å². The summed E-state index contributed by atoms with van der Waals surface area (Å²) in [6, 6.07) is 6.51. The van der Waals surface area contributed by atoms with E-state index in [-0.39, 0.29) is 5.97 Å². The molecule has 0 saturated heterocycles.